The first-order chi connectivity index (χ1) is 13.8. The minimum atomic E-state index is -0.104. The quantitative estimate of drug-likeness (QED) is 0.518. The zero-order chi connectivity index (χ0) is 21.0. The highest BCUT2D eigenvalue weighted by Crippen LogP contribution is 2.23. The Hall–Kier alpha value is -2.78. The molecule has 1 N–H and O–H groups in total. The number of hydrogen-bond donors (Lipinski definition) is 1. The van der Waals surface area contributed by atoms with Gasteiger partial charge in [-0.2, -0.15) is 0 Å². The molecule has 1 atom stereocenters. The minimum Gasteiger partial charge on any atom is -0.489 e. The third kappa shape index (κ3) is 5.18. The summed E-state index contributed by atoms with van der Waals surface area (Å²) in [5.74, 6) is 0.590. The molecule has 0 aliphatic heterocycles. The van der Waals surface area contributed by atoms with Gasteiger partial charge in [-0.15, -0.1) is 0 Å². The fourth-order valence-electron chi connectivity index (χ4n) is 3.29. The summed E-state index contributed by atoms with van der Waals surface area (Å²) in [6.45, 7) is 8.67. The van der Waals surface area contributed by atoms with Crippen molar-refractivity contribution in [2.45, 2.75) is 40.3 Å². The summed E-state index contributed by atoms with van der Waals surface area (Å²) in [5.41, 5.74) is 6.34. The second-order valence-electron chi connectivity index (χ2n) is 7.39. The fraction of sp³-hybridized carbons (Fsp3) is 0.240. The van der Waals surface area contributed by atoms with E-state index in [4.69, 9.17) is 16.3 Å². The van der Waals surface area contributed by atoms with Crippen LogP contribution in [0.15, 0.2) is 60.7 Å². The Bertz CT molecular complexity index is 1010. The van der Waals surface area contributed by atoms with Gasteiger partial charge in [-0.1, -0.05) is 41.9 Å². The highest BCUT2D eigenvalue weighted by Gasteiger charge is 2.14. The normalized spacial score (nSPS) is 11.8. The Kier molecular flexibility index (Phi) is 6.60. The van der Waals surface area contributed by atoms with E-state index in [-0.39, 0.29) is 11.9 Å². The maximum atomic E-state index is 12.7. The monoisotopic (exact) mass is 407 g/mol. The number of carbonyl (C=O) groups is 1. The Morgan fingerprint density at radius 3 is 2.31 bits per heavy atom. The number of halogens is 1. The van der Waals surface area contributed by atoms with Crippen molar-refractivity contribution < 1.29 is 9.53 Å². The summed E-state index contributed by atoms with van der Waals surface area (Å²) in [4.78, 5) is 12.7. The third-order valence-corrected chi connectivity index (χ3v) is 5.53. The summed E-state index contributed by atoms with van der Waals surface area (Å²) in [6, 6.07) is 19.0. The van der Waals surface area contributed by atoms with Gasteiger partial charge < -0.3 is 10.1 Å². The summed E-state index contributed by atoms with van der Waals surface area (Å²) in [5, 5.41) is 3.77. The minimum absolute atomic E-state index is 0.0713. The second-order valence-corrected chi connectivity index (χ2v) is 7.80. The predicted octanol–water partition coefficient (Wildman–Crippen LogP) is 6.34. The van der Waals surface area contributed by atoms with E-state index in [0.717, 1.165) is 11.1 Å². The molecule has 0 aliphatic carbocycles. The van der Waals surface area contributed by atoms with E-state index in [1.165, 1.54) is 16.7 Å². The van der Waals surface area contributed by atoms with Gasteiger partial charge in [-0.3, -0.25) is 4.79 Å². The van der Waals surface area contributed by atoms with Crippen molar-refractivity contribution in [2.75, 3.05) is 0 Å². The zero-order valence-corrected chi connectivity index (χ0v) is 18.0. The molecule has 0 radical (unpaired) electrons. The Balaban J connectivity index is 1.63. The second kappa shape index (κ2) is 9.15. The molecule has 3 aromatic rings. The number of rotatable bonds is 6. The molecular weight excluding hydrogens is 382 g/mol. The van der Waals surface area contributed by atoms with Gasteiger partial charge in [0.1, 0.15) is 12.4 Å². The molecule has 1 amide bonds. The molecule has 29 heavy (non-hydrogen) atoms. The van der Waals surface area contributed by atoms with Crippen LogP contribution in [0.2, 0.25) is 5.02 Å². The van der Waals surface area contributed by atoms with E-state index in [1.807, 2.05) is 31.2 Å². The molecule has 3 aromatic carbocycles. The van der Waals surface area contributed by atoms with E-state index in [9.17, 15) is 4.79 Å². The molecule has 3 nitrogen and oxygen atoms in total. The SMILES string of the molecule is Cc1cc(C)c([C@H](C)NC(=O)c2ccc(OCc3ccccc3Cl)cc2)cc1C. The first kappa shape index (κ1) is 20.9. The molecule has 0 heterocycles. The van der Waals surface area contributed by atoms with Crippen LogP contribution < -0.4 is 10.1 Å². The number of ether oxygens (including phenoxy) is 1. The predicted molar refractivity (Wildman–Crippen MR) is 119 cm³/mol. The molecule has 3 rings (SSSR count). The van der Waals surface area contributed by atoms with Gasteiger partial charge in [-0.25, -0.2) is 0 Å². The average Bonchev–Trinajstić information content (AvgIpc) is 2.70. The van der Waals surface area contributed by atoms with Crippen molar-refractivity contribution in [1.82, 2.24) is 5.32 Å². The summed E-state index contributed by atoms with van der Waals surface area (Å²) < 4.78 is 5.78. The Labute approximate surface area is 177 Å². The van der Waals surface area contributed by atoms with Gasteiger partial charge in [0.2, 0.25) is 0 Å². The number of nitrogens with one attached hydrogen (secondary N) is 1. The summed E-state index contributed by atoms with van der Waals surface area (Å²) in [6.07, 6.45) is 0. The van der Waals surface area contributed by atoms with E-state index < -0.39 is 0 Å². The summed E-state index contributed by atoms with van der Waals surface area (Å²) >= 11 is 6.15. The lowest BCUT2D eigenvalue weighted by atomic mass is 9.96. The van der Waals surface area contributed by atoms with Crippen LogP contribution in [0.25, 0.3) is 0 Å². The van der Waals surface area contributed by atoms with Crippen molar-refractivity contribution in [2.24, 2.45) is 0 Å². The van der Waals surface area contributed by atoms with Crippen LogP contribution in [-0.4, -0.2) is 5.91 Å². The van der Waals surface area contributed by atoms with Gasteiger partial charge in [-0.05, 0) is 80.3 Å². The Morgan fingerprint density at radius 1 is 0.966 bits per heavy atom. The van der Waals surface area contributed by atoms with Crippen LogP contribution in [-0.2, 0) is 6.61 Å². The lowest BCUT2D eigenvalue weighted by Crippen LogP contribution is -2.27. The maximum absolute atomic E-state index is 12.7. The molecule has 0 fully saturated rings. The van der Waals surface area contributed by atoms with Crippen LogP contribution in [0, 0.1) is 20.8 Å². The van der Waals surface area contributed by atoms with Crippen LogP contribution in [0.5, 0.6) is 5.75 Å². The molecule has 4 heteroatoms. The van der Waals surface area contributed by atoms with Gasteiger partial charge in [0, 0.05) is 16.1 Å². The molecule has 0 aliphatic rings. The molecule has 0 aromatic heterocycles. The van der Waals surface area contributed by atoms with Crippen LogP contribution in [0.3, 0.4) is 0 Å². The van der Waals surface area contributed by atoms with Crippen LogP contribution in [0.4, 0.5) is 0 Å². The zero-order valence-electron chi connectivity index (χ0n) is 17.3. The molecule has 0 spiro atoms. The number of aryl methyl sites for hydroxylation is 3. The van der Waals surface area contributed by atoms with E-state index in [1.54, 1.807) is 24.3 Å². The maximum Gasteiger partial charge on any atom is 0.251 e. The van der Waals surface area contributed by atoms with Gasteiger partial charge in [0.15, 0.2) is 0 Å². The van der Waals surface area contributed by atoms with Crippen molar-refractivity contribution >= 4 is 17.5 Å². The molecule has 150 valence electrons. The van der Waals surface area contributed by atoms with Crippen LogP contribution in [0.1, 0.15) is 51.1 Å². The average molecular weight is 408 g/mol. The first-order valence-electron chi connectivity index (χ1n) is 9.70. The lowest BCUT2D eigenvalue weighted by Gasteiger charge is -2.18. The molecule has 0 saturated carbocycles. The van der Waals surface area contributed by atoms with Gasteiger partial charge in [0.25, 0.3) is 5.91 Å². The highest BCUT2D eigenvalue weighted by molar-refractivity contribution is 6.31. The largest absolute Gasteiger partial charge is 0.489 e. The molecular formula is C25H26ClNO2. The topological polar surface area (TPSA) is 38.3 Å². The molecule has 0 saturated heterocycles. The number of hydrogen-bond acceptors (Lipinski definition) is 2. The van der Waals surface area contributed by atoms with Crippen molar-refractivity contribution in [3.8, 4) is 5.75 Å². The summed E-state index contributed by atoms with van der Waals surface area (Å²) in [7, 11) is 0. The van der Waals surface area contributed by atoms with Crippen LogP contribution >= 0.6 is 11.6 Å². The van der Waals surface area contributed by atoms with Crippen molar-refractivity contribution in [1.29, 1.82) is 0 Å². The first-order valence-corrected chi connectivity index (χ1v) is 10.1. The van der Waals surface area contributed by atoms with Gasteiger partial charge in [0.05, 0.1) is 6.04 Å². The van der Waals surface area contributed by atoms with Crippen molar-refractivity contribution in [3.63, 3.8) is 0 Å². The third-order valence-electron chi connectivity index (χ3n) is 5.17. The van der Waals surface area contributed by atoms with E-state index in [0.29, 0.717) is 22.9 Å². The number of carbonyl (C=O) groups excluding carboxylic acids is 1. The molecule has 0 unspecified atom stereocenters. The lowest BCUT2D eigenvalue weighted by molar-refractivity contribution is 0.0939. The van der Waals surface area contributed by atoms with E-state index in [2.05, 4.69) is 38.2 Å². The number of benzene rings is 3. The fourth-order valence-corrected chi connectivity index (χ4v) is 3.48. The van der Waals surface area contributed by atoms with Gasteiger partial charge >= 0.3 is 0 Å². The van der Waals surface area contributed by atoms with E-state index >= 15 is 0 Å². The Morgan fingerprint density at radius 2 is 1.62 bits per heavy atom. The number of amides is 1. The van der Waals surface area contributed by atoms with Crippen molar-refractivity contribution in [3.05, 3.63) is 99.1 Å². The smallest absolute Gasteiger partial charge is 0.251 e. The standard InChI is InChI=1S/C25H26ClNO2/c1-16-13-18(3)23(14-17(16)2)19(4)27-25(28)20-9-11-22(12-10-20)29-15-21-7-5-6-8-24(21)26/h5-14,19H,15H2,1-4H3,(H,27,28)/t19-/m0/s1. The highest BCUT2D eigenvalue weighted by atomic mass is 35.5. The molecule has 0 bridgehead atoms.